The molecule has 0 aliphatic carbocycles. The number of nitrogens with zero attached hydrogens (tertiary/aromatic N) is 1. The number of hydrogen-bond acceptors (Lipinski definition) is 2. The fourth-order valence-corrected chi connectivity index (χ4v) is 2.10. The average Bonchev–Trinajstić information content (AvgIpc) is 2.70. The van der Waals surface area contributed by atoms with Crippen LogP contribution in [0.5, 0.6) is 0 Å². The first-order valence-electron chi connectivity index (χ1n) is 5.66. The number of alkyl halides is 3. The second-order valence-electron chi connectivity index (χ2n) is 4.47. The smallest absolute Gasteiger partial charge is 0.369 e. The van der Waals surface area contributed by atoms with Crippen LogP contribution in [0, 0.1) is 11.7 Å². The lowest BCUT2D eigenvalue weighted by molar-refractivity contribution is -0.137. The van der Waals surface area contributed by atoms with Gasteiger partial charge >= 0.3 is 6.18 Å². The van der Waals surface area contributed by atoms with Gasteiger partial charge in [-0.05, 0) is 18.2 Å². The molecule has 1 aromatic carbocycles. The highest BCUT2D eigenvalue weighted by Crippen LogP contribution is 2.39. The van der Waals surface area contributed by atoms with Crippen LogP contribution in [-0.2, 0) is 15.8 Å². The Bertz CT molecular complexity index is 571. The summed E-state index contributed by atoms with van der Waals surface area (Å²) in [5.74, 6) is -3.30. The van der Waals surface area contributed by atoms with Crippen molar-refractivity contribution < 1.29 is 27.2 Å². The lowest BCUT2D eigenvalue weighted by Crippen LogP contribution is -2.30. The molecule has 108 valence electrons. The molecule has 4 nitrogen and oxygen atoms in total. The first-order chi connectivity index (χ1) is 9.20. The number of benzene rings is 1. The molecule has 1 aromatic rings. The van der Waals surface area contributed by atoms with Crippen molar-refractivity contribution in [3.63, 3.8) is 0 Å². The van der Waals surface area contributed by atoms with E-state index in [9.17, 15) is 27.2 Å². The molecule has 2 rings (SSSR count). The maximum atomic E-state index is 13.0. The van der Waals surface area contributed by atoms with Gasteiger partial charge in [0, 0.05) is 13.0 Å². The number of hydrogen-bond donors (Lipinski definition) is 1. The Kier molecular flexibility index (Phi) is 3.41. The molecule has 1 heterocycles. The maximum absolute atomic E-state index is 13.0. The summed E-state index contributed by atoms with van der Waals surface area (Å²) in [6.45, 7) is -0.233. The van der Waals surface area contributed by atoms with Gasteiger partial charge in [0.15, 0.2) is 0 Å². The zero-order valence-electron chi connectivity index (χ0n) is 10.1. The Labute approximate surface area is 111 Å². The van der Waals surface area contributed by atoms with E-state index in [1.165, 1.54) is 0 Å². The molecular weight excluding hydrogens is 280 g/mol. The van der Waals surface area contributed by atoms with Crippen LogP contribution in [0.25, 0.3) is 0 Å². The van der Waals surface area contributed by atoms with Crippen LogP contribution in [0.15, 0.2) is 18.2 Å². The summed E-state index contributed by atoms with van der Waals surface area (Å²) < 4.78 is 51.6. The van der Waals surface area contributed by atoms with Crippen LogP contribution >= 0.6 is 0 Å². The van der Waals surface area contributed by atoms with Crippen LogP contribution in [0.2, 0.25) is 0 Å². The van der Waals surface area contributed by atoms with Gasteiger partial charge in [0.1, 0.15) is 5.82 Å². The quantitative estimate of drug-likeness (QED) is 0.842. The minimum Gasteiger partial charge on any atom is -0.369 e. The summed E-state index contributed by atoms with van der Waals surface area (Å²) in [6.07, 6.45) is -5.05. The van der Waals surface area contributed by atoms with Crippen LogP contribution in [0.3, 0.4) is 0 Å². The molecule has 0 bridgehead atoms. The summed E-state index contributed by atoms with van der Waals surface area (Å²) in [5.41, 5.74) is 3.33. The first-order valence-corrected chi connectivity index (χ1v) is 5.66. The second-order valence-corrected chi connectivity index (χ2v) is 4.47. The van der Waals surface area contributed by atoms with Gasteiger partial charge in [-0.15, -0.1) is 0 Å². The van der Waals surface area contributed by atoms with E-state index < -0.39 is 41.0 Å². The van der Waals surface area contributed by atoms with E-state index in [1.54, 1.807) is 0 Å². The predicted octanol–water partition coefficient (Wildman–Crippen LogP) is 1.68. The molecule has 20 heavy (non-hydrogen) atoms. The Hall–Kier alpha value is -2.12. The molecule has 1 saturated heterocycles. The van der Waals surface area contributed by atoms with E-state index in [0.29, 0.717) is 6.07 Å². The van der Waals surface area contributed by atoms with Gasteiger partial charge in [-0.25, -0.2) is 4.39 Å². The van der Waals surface area contributed by atoms with E-state index in [4.69, 9.17) is 5.73 Å². The van der Waals surface area contributed by atoms with Crippen molar-refractivity contribution in [2.24, 2.45) is 11.7 Å². The molecule has 0 spiro atoms. The lowest BCUT2D eigenvalue weighted by Gasteiger charge is -2.21. The number of rotatable bonds is 2. The summed E-state index contributed by atoms with van der Waals surface area (Å²) in [6, 6.07) is 2.02. The third-order valence-corrected chi connectivity index (χ3v) is 3.08. The third-order valence-electron chi connectivity index (χ3n) is 3.08. The lowest BCUT2D eigenvalue weighted by atomic mass is 10.1. The molecule has 0 radical (unpaired) electrons. The zero-order chi connectivity index (χ0) is 15.1. The van der Waals surface area contributed by atoms with E-state index in [2.05, 4.69) is 0 Å². The molecule has 2 N–H and O–H groups in total. The molecule has 1 aliphatic rings. The largest absolute Gasteiger partial charge is 0.418 e. The molecule has 0 saturated carbocycles. The van der Waals surface area contributed by atoms with Crippen molar-refractivity contribution in [3.05, 3.63) is 29.6 Å². The van der Waals surface area contributed by atoms with E-state index in [1.807, 2.05) is 0 Å². The number of carbonyl (C=O) groups is 2. The third kappa shape index (κ3) is 2.59. The van der Waals surface area contributed by atoms with Gasteiger partial charge < -0.3 is 10.6 Å². The van der Waals surface area contributed by atoms with Crippen LogP contribution in [0.1, 0.15) is 12.0 Å². The monoisotopic (exact) mass is 290 g/mol. The van der Waals surface area contributed by atoms with Gasteiger partial charge in [-0.1, -0.05) is 0 Å². The standard InChI is InChI=1S/C12H10F4N2O2/c13-7-1-2-9(8(4-7)12(14,15)16)18-5-6(11(17)20)3-10(18)19/h1-2,4,6H,3,5H2,(H2,17,20). The SMILES string of the molecule is NC(=O)C1CC(=O)N(c2ccc(F)cc2C(F)(F)F)C1. The van der Waals surface area contributed by atoms with Gasteiger partial charge in [-0.3, -0.25) is 9.59 Å². The normalized spacial score (nSPS) is 19.5. The van der Waals surface area contributed by atoms with Gasteiger partial charge in [0.05, 0.1) is 17.2 Å². The highest BCUT2D eigenvalue weighted by molar-refractivity contribution is 6.00. The molecule has 0 aromatic heterocycles. The van der Waals surface area contributed by atoms with E-state index in [0.717, 1.165) is 17.0 Å². The molecule has 1 fully saturated rings. The molecular formula is C12H10F4N2O2. The molecule has 1 atom stereocenters. The van der Waals surface area contributed by atoms with Crippen molar-refractivity contribution in [1.29, 1.82) is 0 Å². The highest BCUT2D eigenvalue weighted by atomic mass is 19.4. The van der Waals surface area contributed by atoms with E-state index >= 15 is 0 Å². The minimum absolute atomic E-state index is 0.233. The maximum Gasteiger partial charge on any atom is 0.418 e. The van der Waals surface area contributed by atoms with Crippen LogP contribution in [0.4, 0.5) is 23.2 Å². The van der Waals surface area contributed by atoms with Crippen molar-refractivity contribution in [2.75, 3.05) is 11.4 Å². The summed E-state index contributed by atoms with van der Waals surface area (Å²) >= 11 is 0. The first kappa shape index (κ1) is 14.3. The average molecular weight is 290 g/mol. The summed E-state index contributed by atoms with van der Waals surface area (Å²) in [4.78, 5) is 23.5. The van der Waals surface area contributed by atoms with Crippen molar-refractivity contribution in [3.8, 4) is 0 Å². The Balaban J connectivity index is 2.43. The number of primary amides is 1. The molecule has 1 aliphatic heterocycles. The number of halogens is 4. The van der Waals surface area contributed by atoms with Crippen LogP contribution in [-0.4, -0.2) is 18.4 Å². The zero-order valence-corrected chi connectivity index (χ0v) is 10.1. The molecule has 8 heteroatoms. The second kappa shape index (κ2) is 4.77. The molecule has 2 amide bonds. The number of amides is 2. The van der Waals surface area contributed by atoms with Crippen LogP contribution < -0.4 is 10.6 Å². The Morgan fingerprint density at radius 3 is 2.50 bits per heavy atom. The number of carbonyl (C=O) groups excluding carboxylic acids is 2. The highest BCUT2D eigenvalue weighted by Gasteiger charge is 2.40. The topological polar surface area (TPSA) is 63.4 Å². The van der Waals surface area contributed by atoms with Crippen molar-refractivity contribution in [2.45, 2.75) is 12.6 Å². The van der Waals surface area contributed by atoms with Gasteiger partial charge in [-0.2, -0.15) is 13.2 Å². The Morgan fingerprint density at radius 1 is 1.35 bits per heavy atom. The number of nitrogens with two attached hydrogens (primary N) is 1. The van der Waals surface area contributed by atoms with Gasteiger partial charge in [0.25, 0.3) is 0 Å². The predicted molar refractivity (Wildman–Crippen MR) is 61.1 cm³/mol. The Morgan fingerprint density at radius 2 is 2.00 bits per heavy atom. The van der Waals surface area contributed by atoms with E-state index in [-0.39, 0.29) is 13.0 Å². The van der Waals surface area contributed by atoms with Gasteiger partial charge in [0.2, 0.25) is 11.8 Å². The number of anilines is 1. The summed E-state index contributed by atoms with van der Waals surface area (Å²) in [7, 11) is 0. The van der Waals surface area contributed by atoms with Crippen molar-refractivity contribution in [1.82, 2.24) is 0 Å². The minimum atomic E-state index is -4.80. The van der Waals surface area contributed by atoms with Crippen molar-refractivity contribution >= 4 is 17.5 Å². The summed E-state index contributed by atoms with van der Waals surface area (Å²) in [5, 5.41) is 0. The fraction of sp³-hybridized carbons (Fsp3) is 0.333. The molecule has 1 unspecified atom stereocenters. The fourth-order valence-electron chi connectivity index (χ4n) is 2.10.